The van der Waals surface area contributed by atoms with Crippen molar-refractivity contribution in [1.82, 2.24) is 0 Å². The van der Waals surface area contributed by atoms with Gasteiger partial charge in [-0.1, -0.05) is 19.1 Å². The molecule has 3 heteroatoms. The summed E-state index contributed by atoms with van der Waals surface area (Å²) in [6.07, 6.45) is 3.54. The summed E-state index contributed by atoms with van der Waals surface area (Å²) in [7, 11) is 0. The van der Waals surface area contributed by atoms with Crippen molar-refractivity contribution < 1.29 is 15.0 Å². The average molecular weight is 156 g/mol. The van der Waals surface area contributed by atoms with Crippen LogP contribution in [0.1, 0.15) is 13.3 Å². The van der Waals surface area contributed by atoms with E-state index in [1.54, 1.807) is 19.1 Å². The molecule has 11 heavy (non-hydrogen) atoms. The van der Waals surface area contributed by atoms with Gasteiger partial charge in [-0.25, -0.2) is 0 Å². The third kappa shape index (κ3) is 1.80. The zero-order valence-electron chi connectivity index (χ0n) is 6.40. The molecule has 1 aliphatic carbocycles. The predicted octanol–water partition coefficient (Wildman–Crippen LogP) is 0.644. The number of carboxylic acids is 1. The van der Waals surface area contributed by atoms with Crippen LogP contribution in [0, 0.1) is 11.8 Å². The largest absolute Gasteiger partial charge is 0.481 e. The van der Waals surface area contributed by atoms with E-state index < -0.39 is 12.1 Å². The van der Waals surface area contributed by atoms with Gasteiger partial charge in [0, 0.05) is 0 Å². The Morgan fingerprint density at radius 1 is 1.64 bits per heavy atom. The summed E-state index contributed by atoms with van der Waals surface area (Å²) in [5, 5.41) is 17.7. The topological polar surface area (TPSA) is 57.5 Å². The highest BCUT2D eigenvalue weighted by Gasteiger charge is 2.26. The van der Waals surface area contributed by atoms with E-state index in [1.807, 2.05) is 0 Å². The lowest BCUT2D eigenvalue weighted by Crippen LogP contribution is -2.19. The van der Waals surface area contributed by atoms with E-state index in [1.165, 1.54) is 0 Å². The molecule has 62 valence electrons. The molecule has 0 bridgehead atoms. The second kappa shape index (κ2) is 3.05. The molecule has 3 atom stereocenters. The van der Waals surface area contributed by atoms with Crippen molar-refractivity contribution >= 4 is 5.97 Å². The van der Waals surface area contributed by atoms with E-state index in [0.29, 0.717) is 6.42 Å². The first kappa shape index (κ1) is 8.27. The molecule has 1 aliphatic rings. The molecule has 0 radical (unpaired) electrons. The van der Waals surface area contributed by atoms with Crippen LogP contribution in [0.3, 0.4) is 0 Å². The third-order valence-electron chi connectivity index (χ3n) is 2.13. The summed E-state index contributed by atoms with van der Waals surface area (Å²) >= 11 is 0. The van der Waals surface area contributed by atoms with Crippen molar-refractivity contribution in [1.29, 1.82) is 0 Å². The predicted molar refractivity (Wildman–Crippen MR) is 40.1 cm³/mol. The molecular formula is C8H12O3. The minimum atomic E-state index is -0.797. The van der Waals surface area contributed by atoms with Gasteiger partial charge in [0.1, 0.15) is 0 Å². The molecule has 0 aromatic heterocycles. The van der Waals surface area contributed by atoms with E-state index >= 15 is 0 Å². The summed E-state index contributed by atoms with van der Waals surface area (Å²) in [6, 6.07) is 0. The van der Waals surface area contributed by atoms with Crippen LogP contribution in [-0.4, -0.2) is 22.3 Å². The molecule has 0 spiro atoms. The van der Waals surface area contributed by atoms with Crippen LogP contribution in [0.4, 0.5) is 0 Å². The Kier molecular flexibility index (Phi) is 2.29. The number of carboxylic acid groups (broad SMARTS) is 1. The molecule has 0 fully saturated rings. The minimum absolute atomic E-state index is 0.00231. The molecule has 2 N–H and O–H groups in total. The third-order valence-corrected chi connectivity index (χ3v) is 2.13. The van der Waals surface area contributed by atoms with E-state index in [-0.39, 0.29) is 11.8 Å². The molecule has 0 aromatic rings. The Balaban J connectivity index is 2.51. The smallest absolute Gasteiger partial charge is 0.306 e. The highest BCUT2D eigenvalue weighted by molar-refractivity contribution is 5.70. The van der Waals surface area contributed by atoms with Gasteiger partial charge in [0.05, 0.1) is 12.0 Å². The molecule has 1 rings (SSSR count). The number of aliphatic hydroxyl groups excluding tert-OH is 1. The highest BCUT2D eigenvalue weighted by Crippen LogP contribution is 2.25. The standard InChI is InChI=1S/C8H12O3/c1-5(8(10)11)6-2-3-7(9)4-6/h2-3,5-7,9H,4H2,1H3,(H,10,11)/t5?,6-,7+/m1/s1. The van der Waals surface area contributed by atoms with Crippen LogP contribution in [0.2, 0.25) is 0 Å². The van der Waals surface area contributed by atoms with Gasteiger partial charge in [0.25, 0.3) is 0 Å². The zero-order valence-corrected chi connectivity index (χ0v) is 6.40. The fourth-order valence-corrected chi connectivity index (χ4v) is 1.26. The number of allylic oxidation sites excluding steroid dienone is 1. The molecular weight excluding hydrogens is 144 g/mol. The summed E-state index contributed by atoms with van der Waals surface area (Å²) in [4.78, 5) is 10.5. The Morgan fingerprint density at radius 3 is 2.64 bits per heavy atom. The first-order chi connectivity index (χ1) is 5.11. The Bertz CT molecular complexity index is 186. The van der Waals surface area contributed by atoms with Crippen molar-refractivity contribution in [3.63, 3.8) is 0 Å². The van der Waals surface area contributed by atoms with Gasteiger partial charge in [-0.2, -0.15) is 0 Å². The Labute approximate surface area is 65.3 Å². The molecule has 3 nitrogen and oxygen atoms in total. The summed E-state index contributed by atoms with van der Waals surface area (Å²) < 4.78 is 0. The van der Waals surface area contributed by atoms with Gasteiger partial charge in [-0.15, -0.1) is 0 Å². The van der Waals surface area contributed by atoms with Crippen molar-refractivity contribution in [2.75, 3.05) is 0 Å². The summed E-state index contributed by atoms with van der Waals surface area (Å²) in [5.74, 6) is -1.18. The Morgan fingerprint density at radius 2 is 2.27 bits per heavy atom. The van der Waals surface area contributed by atoms with E-state index in [2.05, 4.69) is 0 Å². The lowest BCUT2D eigenvalue weighted by atomic mass is 9.93. The van der Waals surface area contributed by atoms with Crippen molar-refractivity contribution in [3.05, 3.63) is 12.2 Å². The lowest BCUT2D eigenvalue weighted by molar-refractivity contribution is -0.142. The van der Waals surface area contributed by atoms with Crippen LogP contribution in [0.15, 0.2) is 12.2 Å². The van der Waals surface area contributed by atoms with Gasteiger partial charge in [0.2, 0.25) is 0 Å². The molecule has 0 aliphatic heterocycles. The second-order valence-electron chi connectivity index (χ2n) is 2.98. The van der Waals surface area contributed by atoms with Gasteiger partial charge in [0.15, 0.2) is 0 Å². The van der Waals surface area contributed by atoms with Crippen molar-refractivity contribution in [2.24, 2.45) is 11.8 Å². The SMILES string of the molecule is CC(C(=O)O)[C@@H]1C=C[C@H](O)C1. The number of aliphatic carboxylic acids is 1. The number of hydrogen-bond acceptors (Lipinski definition) is 2. The molecule has 0 heterocycles. The molecule has 0 saturated carbocycles. The normalized spacial score (nSPS) is 32.2. The van der Waals surface area contributed by atoms with E-state index in [4.69, 9.17) is 10.2 Å². The molecule has 0 saturated heterocycles. The van der Waals surface area contributed by atoms with Crippen molar-refractivity contribution in [3.8, 4) is 0 Å². The van der Waals surface area contributed by atoms with Crippen LogP contribution in [0.5, 0.6) is 0 Å². The van der Waals surface area contributed by atoms with Gasteiger partial charge in [-0.05, 0) is 12.3 Å². The molecule has 0 aromatic carbocycles. The van der Waals surface area contributed by atoms with E-state index in [0.717, 1.165) is 0 Å². The van der Waals surface area contributed by atoms with E-state index in [9.17, 15) is 4.79 Å². The van der Waals surface area contributed by atoms with Crippen molar-refractivity contribution in [2.45, 2.75) is 19.4 Å². The highest BCUT2D eigenvalue weighted by atomic mass is 16.4. The second-order valence-corrected chi connectivity index (χ2v) is 2.98. The van der Waals surface area contributed by atoms with Crippen LogP contribution in [-0.2, 0) is 4.79 Å². The fourth-order valence-electron chi connectivity index (χ4n) is 1.26. The number of carbonyl (C=O) groups is 1. The first-order valence-electron chi connectivity index (χ1n) is 3.70. The maximum atomic E-state index is 10.5. The summed E-state index contributed by atoms with van der Waals surface area (Å²) in [5.41, 5.74) is 0. The monoisotopic (exact) mass is 156 g/mol. The fraction of sp³-hybridized carbons (Fsp3) is 0.625. The molecule has 1 unspecified atom stereocenters. The quantitative estimate of drug-likeness (QED) is 0.577. The minimum Gasteiger partial charge on any atom is -0.481 e. The molecule has 0 amide bonds. The maximum absolute atomic E-state index is 10.5. The van der Waals surface area contributed by atoms with Crippen LogP contribution >= 0.6 is 0 Å². The first-order valence-corrected chi connectivity index (χ1v) is 3.70. The lowest BCUT2D eigenvalue weighted by Gasteiger charge is -2.12. The number of aliphatic hydroxyl groups is 1. The Hall–Kier alpha value is -0.830. The van der Waals surface area contributed by atoms with Crippen LogP contribution < -0.4 is 0 Å². The summed E-state index contributed by atoms with van der Waals surface area (Å²) in [6.45, 7) is 1.66. The van der Waals surface area contributed by atoms with Gasteiger partial charge in [-0.3, -0.25) is 4.79 Å². The number of hydrogen-bond donors (Lipinski definition) is 2. The zero-order chi connectivity index (χ0) is 8.43. The van der Waals surface area contributed by atoms with Crippen LogP contribution in [0.25, 0.3) is 0 Å². The van der Waals surface area contributed by atoms with Gasteiger partial charge < -0.3 is 10.2 Å². The number of rotatable bonds is 2. The maximum Gasteiger partial charge on any atom is 0.306 e. The average Bonchev–Trinajstić information content (AvgIpc) is 2.34. The van der Waals surface area contributed by atoms with Gasteiger partial charge >= 0.3 is 5.97 Å².